The summed E-state index contributed by atoms with van der Waals surface area (Å²) in [7, 11) is -3.52. The van der Waals surface area contributed by atoms with Gasteiger partial charge in [-0.05, 0) is 49.5 Å². The molecule has 0 saturated carbocycles. The molecule has 0 aliphatic carbocycles. The molecule has 0 N–H and O–H groups in total. The molecule has 2 aromatic rings. The van der Waals surface area contributed by atoms with E-state index in [9.17, 15) is 8.42 Å². The van der Waals surface area contributed by atoms with E-state index < -0.39 is 10.0 Å². The maximum absolute atomic E-state index is 13.1. The maximum atomic E-state index is 13.1. The van der Waals surface area contributed by atoms with Crippen molar-refractivity contribution in [2.75, 3.05) is 13.1 Å². The van der Waals surface area contributed by atoms with Crippen molar-refractivity contribution in [1.29, 1.82) is 0 Å². The van der Waals surface area contributed by atoms with Crippen molar-refractivity contribution >= 4 is 16.1 Å². The maximum Gasteiger partial charge on any atom is 0.243 e. The third-order valence-electron chi connectivity index (χ3n) is 4.74. The zero-order valence-corrected chi connectivity index (χ0v) is 16.0. The second-order valence-electron chi connectivity index (χ2n) is 6.79. The summed E-state index contributed by atoms with van der Waals surface area (Å²) in [5.74, 6) is 0. The molecule has 0 amide bonds. The van der Waals surface area contributed by atoms with E-state index in [0.29, 0.717) is 18.0 Å². The van der Waals surface area contributed by atoms with Gasteiger partial charge in [-0.3, -0.25) is 0 Å². The van der Waals surface area contributed by atoms with E-state index in [-0.39, 0.29) is 0 Å². The van der Waals surface area contributed by atoms with Gasteiger partial charge < -0.3 is 0 Å². The molecule has 0 bridgehead atoms. The monoisotopic (exact) mass is 367 g/mol. The number of hydrogen-bond acceptors (Lipinski definition) is 2. The first kappa shape index (κ1) is 18.6. The fraction of sp³-hybridized carbons (Fsp3) is 0.273. The van der Waals surface area contributed by atoms with Gasteiger partial charge in [0.2, 0.25) is 10.0 Å². The number of nitrogens with zero attached hydrogens (tertiary/aromatic N) is 1. The van der Waals surface area contributed by atoms with Gasteiger partial charge >= 0.3 is 0 Å². The molecule has 136 valence electrons. The van der Waals surface area contributed by atoms with Gasteiger partial charge in [-0.15, -0.1) is 0 Å². The van der Waals surface area contributed by atoms with Crippen LogP contribution in [0, 0.1) is 6.92 Å². The molecule has 3 nitrogen and oxygen atoms in total. The largest absolute Gasteiger partial charge is 0.243 e. The molecule has 26 heavy (non-hydrogen) atoms. The van der Waals surface area contributed by atoms with Crippen LogP contribution in [-0.4, -0.2) is 25.8 Å². The van der Waals surface area contributed by atoms with Crippen molar-refractivity contribution < 1.29 is 8.42 Å². The summed E-state index contributed by atoms with van der Waals surface area (Å²) in [5.41, 5.74) is 4.14. The van der Waals surface area contributed by atoms with Crippen LogP contribution in [0.5, 0.6) is 0 Å². The summed E-state index contributed by atoms with van der Waals surface area (Å²) in [4.78, 5) is 0.355. The summed E-state index contributed by atoms with van der Waals surface area (Å²) in [5, 5.41) is 0. The first-order valence-electron chi connectivity index (χ1n) is 8.97. The Labute approximate surface area is 156 Å². The normalized spacial score (nSPS) is 18.5. The van der Waals surface area contributed by atoms with E-state index in [1.165, 1.54) is 0 Å². The first-order chi connectivity index (χ1) is 12.5. The van der Waals surface area contributed by atoms with Crippen LogP contribution < -0.4 is 0 Å². The lowest BCUT2D eigenvalue weighted by molar-refractivity contribution is 0.415. The smallest absolute Gasteiger partial charge is 0.207 e. The predicted molar refractivity (Wildman–Crippen MR) is 107 cm³/mol. The highest BCUT2D eigenvalue weighted by Gasteiger charge is 2.26. The van der Waals surface area contributed by atoms with E-state index in [2.05, 4.69) is 12.7 Å². The average Bonchev–Trinajstić information content (AvgIpc) is 2.62. The minimum atomic E-state index is -3.52. The zero-order valence-electron chi connectivity index (χ0n) is 15.2. The average molecular weight is 368 g/mol. The molecule has 0 radical (unpaired) electrons. The number of rotatable bonds is 3. The SMILES string of the molecule is C=C1CCCCN(S(=O)(=O)c2ccc(C)cc2)C/C1=C\c1ccccc1. The quantitative estimate of drug-likeness (QED) is 0.781. The molecule has 0 unspecified atom stereocenters. The highest BCUT2D eigenvalue weighted by atomic mass is 32.2. The Morgan fingerprint density at radius 3 is 2.38 bits per heavy atom. The fourth-order valence-electron chi connectivity index (χ4n) is 3.13. The minimum absolute atomic E-state index is 0.355. The molecule has 1 aliphatic heterocycles. The lowest BCUT2D eigenvalue weighted by atomic mass is 9.97. The first-order valence-corrected chi connectivity index (χ1v) is 10.4. The summed E-state index contributed by atoms with van der Waals surface area (Å²) in [6.45, 7) is 7.06. The Kier molecular flexibility index (Phi) is 5.74. The van der Waals surface area contributed by atoms with Crippen LogP contribution in [-0.2, 0) is 10.0 Å². The summed E-state index contributed by atoms with van der Waals surface area (Å²) >= 11 is 0. The Morgan fingerprint density at radius 2 is 1.69 bits per heavy atom. The molecule has 0 atom stereocenters. The number of sulfonamides is 1. The summed E-state index contributed by atoms with van der Waals surface area (Å²) in [6.07, 6.45) is 4.77. The fourth-order valence-corrected chi connectivity index (χ4v) is 4.59. The Bertz CT molecular complexity index is 897. The van der Waals surface area contributed by atoms with Crippen molar-refractivity contribution in [1.82, 2.24) is 4.31 Å². The van der Waals surface area contributed by atoms with Gasteiger partial charge in [-0.2, -0.15) is 4.31 Å². The second-order valence-corrected chi connectivity index (χ2v) is 8.73. The summed E-state index contributed by atoms with van der Waals surface area (Å²) < 4.78 is 27.9. The van der Waals surface area contributed by atoms with Crippen molar-refractivity contribution in [3.63, 3.8) is 0 Å². The molecule has 1 aliphatic rings. The van der Waals surface area contributed by atoms with E-state index in [0.717, 1.165) is 41.5 Å². The lowest BCUT2D eigenvalue weighted by Crippen LogP contribution is -2.35. The Hall–Kier alpha value is -2.17. The number of hydrogen-bond donors (Lipinski definition) is 0. The van der Waals surface area contributed by atoms with Crippen LogP contribution in [0.25, 0.3) is 6.08 Å². The van der Waals surface area contributed by atoms with Crippen molar-refractivity contribution in [2.24, 2.45) is 0 Å². The van der Waals surface area contributed by atoms with Crippen LogP contribution in [0.2, 0.25) is 0 Å². The number of benzene rings is 2. The van der Waals surface area contributed by atoms with Gasteiger partial charge in [-0.25, -0.2) is 8.42 Å². The molecular formula is C22H25NO2S. The van der Waals surface area contributed by atoms with Crippen molar-refractivity contribution in [3.8, 4) is 0 Å². The molecule has 0 spiro atoms. The van der Waals surface area contributed by atoms with Crippen LogP contribution >= 0.6 is 0 Å². The van der Waals surface area contributed by atoms with Gasteiger partial charge in [-0.1, -0.05) is 66.3 Å². The Morgan fingerprint density at radius 1 is 1.00 bits per heavy atom. The Balaban J connectivity index is 1.94. The van der Waals surface area contributed by atoms with Crippen LogP contribution in [0.4, 0.5) is 0 Å². The minimum Gasteiger partial charge on any atom is -0.207 e. The molecule has 4 heteroatoms. The molecule has 1 saturated heterocycles. The molecule has 3 rings (SSSR count). The molecule has 1 fully saturated rings. The number of aryl methyl sites for hydroxylation is 1. The summed E-state index contributed by atoms with van der Waals surface area (Å²) in [6, 6.07) is 17.1. The van der Waals surface area contributed by atoms with Gasteiger partial charge in [0.1, 0.15) is 0 Å². The second kappa shape index (κ2) is 8.02. The van der Waals surface area contributed by atoms with Crippen LogP contribution in [0.15, 0.2) is 77.2 Å². The van der Waals surface area contributed by atoms with Crippen molar-refractivity contribution in [2.45, 2.75) is 31.1 Å². The zero-order chi connectivity index (χ0) is 18.6. The molecule has 0 aromatic heterocycles. The third kappa shape index (κ3) is 4.32. The van der Waals surface area contributed by atoms with Crippen molar-refractivity contribution in [3.05, 3.63) is 83.4 Å². The third-order valence-corrected chi connectivity index (χ3v) is 6.60. The van der Waals surface area contributed by atoms with E-state index in [4.69, 9.17) is 0 Å². The molecule has 2 aromatic carbocycles. The lowest BCUT2D eigenvalue weighted by Gasteiger charge is -2.27. The topological polar surface area (TPSA) is 37.4 Å². The van der Waals surface area contributed by atoms with Gasteiger partial charge in [0.25, 0.3) is 0 Å². The van der Waals surface area contributed by atoms with Gasteiger partial charge in [0, 0.05) is 13.1 Å². The molecular weight excluding hydrogens is 342 g/mol. The highest BCUT2D eigenvalue weighted by Crippen LogP contribution is 2.26. The predicted octanol–water partition coefficient (Wildman–Crippen LogP) is 4.81. The van der Waals surface area contributed by atoms with E-state index in [1.54, 1.807) is 16.4 Å². The van der Waals surface area contributed by atoms with E-state index in [1.807, 2.05) is 49.4 Å². The van der Waals surface area contributed by atoms with Gasteiger partial charge in [0.05, 0.1) is 4.90 Å². The van der Waals surface area contributed by atoms with Crippen LogP contribution in [0.3, 0.4) is 0 Å². The van der Waals surface area contributed by atoms with E-state index >= 15 is 0 Å². The van der Waals surface area contributed by atoms with Gasteiger partial charge in [0.15, 0.2) is 0 Å². The standard InChI is InChI=1S/C22H25NO2S/c1-18-11-13-22(14-12-18)26(24,25)23-15-7-6-8-19(2)21(17-23)16-20-9-4-3-5-10-20/h3-5,9-14,16H,2,6-8,15,17H2,1H3/b21-16+. The highest BCUT2D eigenvalue weighted by molar-refractivity contribution is 7.89. The molecule has 1 heterocycles. The van der Waals surface area contributed by atoms with Crippen LogP contribution in [0.1, 0.15) is 30.4 Å².